The van der Waals surface area contributed by atoms with Crippen molar-refractivity contribution in [3.63, 3.8) is 0 Å². The molecule has 2 aromatic rings. The first-order chi connectivity index (χ1) is 5.86. The molecule has 0 unspecified atom stereocenters. The van der Waals surface area contributed by atoms with Gasteiger partial charge in [-0.15, -0.1) is 0 Å². The first-order valence-corrected chi connectivity index (χ1v) is 3.94. The monoisotopic (exact) mass is 158 g/mol. The SMILES string of the molecule is Cc1nc(-c2ccccc2)c[nH]1. The van der Waals surface area contributed by atoms with Crippen LogP contribution in [0.25, 0.3) is 11.3 Å². The summed E-state index contributed by atoms with van der Waals surface area (Å²) in [4.78, 5) is 7.38. The first kappa shape index (κ1) is 7.10. The highest BCUT2D eigenvalue weighted by atomic mass is 14.9. The Morgan fingerprint density at radius 3 is 2.50 bits per heavy atom. The number of aromatic nitrogens is 2. The van der Waals surface area contributed by atoms with E-state index in [0.29, 0.717) is 0 Å². The van der Waals surface area contributed by atoms with Gasteiger partial charge in [0.1, 0.15) is 5.82 Å². The zero-order valence-corrected chi connectivity index (χ0v) is 6.91. The maximum absolute atomic E-state index is 4.33. The molecule has 0 aliphatic carbocycles. The maximum Gasteiger partial charge on any atom is 0.103 e. The van der Waals surface area contributed by atoms with Crippen molar-refractivity contribution in [2.75, 3.05) is 0 Å². The van der Waals surface area contributed by atoms with Crippen LogP contribution < -0.4 is 0 Å². The van der Waals surface area contributed by atoms with Gasteiger partial charge in [0.15, 0.2) is 0 Å². The minimum Gasteiger partial charge on any atom is -0.348 e. The van der Waals surface area contributed by atoms with E-state index in [1.807, 2.05) is 31.3 Å². The van der Waals surface area contributed by atoms with Gasteiger partial charge in [-0.25, -0.2) is 4.98 Å². The van der Waals surface area contributed by atoms with E-state index in [0.717, 1.165) is 17.1 Å². The second kappa shape index (κ2) is 2.81. The van der Waals surface area contributed by atoms with Gasteiger partial charge >= 0.3 is 0 Å². The minimum atomic E-state index is 0.953. The number of benzene rings is 1. The van der Waals surface area contributed by atoms with E-state index < -0.39 is 0 Å². The lowest BCUT2D eigenvalue weighted by Crippen LogP contribution is -1.76. The smallest absolute Gasteiger partial charge is 0.103 e. The van der Waals surface area contributed by atoms with E-state index >= 15 is 0 Å². The van der Waals surface area contributed by atoms with Crippen molar-refractivity contribution >= 4 is 0 Å². The fourth-order valence-electron chi connectivity index (χ4n) is 1.17. The molecule has 12 heavy (non-hydrogen) atoms. The van der Waals surface area contributed by atoms with E-state index in [9.17, 15) is 0 Å². The van der Waals surface area contributed by atoms with Gasteiger partial charge in [-0.3, -0.25) is 0 Å². The summed E-state index contributed by atoms with van der Waals surface area (Å²) in [6.45, 7) is 1.95. The largest absolute Gasteiger partial charge is 0.348 e. The number of rotatable bonds is 1. The molecule has 0 saturated carbocycles. The van der Waals surface area contributed by atoms with Crippen LogP contribution in [0.3, 0.4) is 0 Å². The predicted octanol–water partition coefficient (Wildman–Crippen LogP) is 2.39. The van der Waals surface area contributed by atoms with Crippen LogP contribution in [0.4, 0.5) is 0 Å². The number of nitrogens with zero attached hydrogens (tertiary/aromatic N) is 1. The second-order valence-electron chi connectivity index (χ2n) is 2.74. The van der Waals surface area contributed by atoms with E-state index in [1.54, 1.807) is 0 Å². The number of aromatic amines is 1. The molecule has 0 radical (unpaired) electrons. The molecule has 60 valence electrons. The number of hydrogen-bond acceptors (Lipinski definition) is 1. The average Bonchev–Trinajstić information content (AvgIpc) is 2.54. The van der Waals surface area contributed by atoms with Crippen LogP contribution in [-0.4, -0.2) is 9.97 Å². The Balaban J connectivity index is 2.45. The number of imidazole rings is 1. The summed E-state index contributed by atoms with van der Waals surface area (Å²) in [5, 5.41) is 0. The molecule has 2 rings (SSSR count). The highest BCUT2D eigenvalue weighted by molar-refractivity contribution is 5.57. The molecular weight excluding hydrogens is 148 g/mol. The van der Waals surface area contributed by atoms with Crippen LogP contribution in [-0.2, 0) is 0 Å². The van der Waals surface area contributed by atoms with Gasteiger partial charge in [-0.1, -0.05) is 30.3 Å². The lowest BCUT2D eigenvalue weighted by molar-refractivity contribution is 1.15. The Kier molecular flexibility index (Phi) is 1.67. The Hall–Kier alpha value is -1.57. The van der Waals surface area contributed by atoms with E-state index in [4.69, 9.17) is 0 Å². The Morgan fingerprint density at radius 1 is 1.17 bits per heavy atom. The third-order valence-corrected chi connectivity index (χ3v) is 1.78. The van der Waals surface area contributed by atoms with E-state index in [2.05, 4.69) is 22.1 Å². The quantitative estimate of drug-likeness (QED) is 0.678. The van der Waals surface area contributed by atoms with Crippen molar-refractivity contribution in [3.8, 4) is 11.3 Å². The number of nitrogens with one attached hydrogen (secondary N) is 1. The van der Waals surface area contributed by atoms with Crippen molar-refractivity contribution in [2.24, 2.45) is 0 Å². The second-order valence-corrected chi connectivity index (χ2v) is 2.74. The predicted molar refractivity (Wildman–Crippen MR) is 48.8 cm³/mol. The fourth-order valence-corrected chi connectivity index (χ4v) is 1.17. The van der Waals surface area contributed by atoms with Gasteiger partial charge in [0.25, 0.3) is 0 Å². The topological polar surface area (TPSA) is 28.7 Å². The lowest BCUT2D eigenvalue weighted by atomic mass is 10.2. The van der Waals surface area contributed by atoms with E-state index in [1.165, 1.54) is 0 Å². The molecule has 0 spiro atoms. The zero-order valence-electron chi connectivity index (χ0n) is 6.91. The third kappa shape index (κ3) is 1.23. The van der Waals surface area contributed by atoms with Gasteiger partial charge in [0.2, 0.25) is 0 Å². The first-order valence-electron chi connectivity index (χ1n) is 3.94. The van der Waals surface area contributed by atoms with E-state index in [-0.39, 0.29) is 0 Å². The maximum atomic E-state index is 4.33. The third-order valence-electron chi connectivity index (χ3n) is 1.78. The molecule has 0 fully saturated rings. The van der Waals surface area contributed by atoms with Gasteiger partial charge < -0.3 is 4.98 Å². The summed E-state index contributed by atoms with van der Waals surface area (Å²) >= 11 is 0. The van der Waals surface area contributed by atoms with Gasteiger partial charge in [0, 0.05) is 11.8 Å². The summed E-state index contributed by atoms with van der Waals surface area (Å²) in [5.74, 6) is 0.953. The highest BCUT2D eigenvalue weighted by Gasteiger charge is 1.98. The van der Waals surface area contributed by atoms with Crippen LogP contribution in [0.15, 0.2) is 36.5 Å². The molecule has 2 heteroatoms. The summed E-state index contributed by atoms with van der Waals surface area (Å²) < 4.78 is 0. The molecule has 1 aromatic carbocycles. The molecule has 1 N–H and O–H groups in total. The van der Waals surface area contributed by atoms with Crippen LogP contribution in [0.2, 0.25) is 0 Å². The molecule has 1 aromatic heterocycles. The van der Waals surface area contributed by atoms with Gasteiger partial charge in [-0.2, -0.15) is 0 Å². The Labute approximate surface area is 71.3 Å². The molecule has 0 aliphatic rings. The summed E-state index contributed by atoms with van der Waals surface area (Å²) in [5.41, 5.74) is 2.16. The summed E-state index contributed by atoms with van der Waals surface area (Å²) in [6, 6.07) is 10.1. The summed E-state index contributed by atoms with van der Waals surface area (Å²) in [7, 11) is 0. The molecule has 0 aliphatic heterocycles. The van der Waals surface area contributed by atoms with Crippen LogP contribution in [0.1, 0.15) is 5.82 Å². The fraction of sp³-hybridized carbons (Fsp3) is 0.100. The van der Waals surface area contributed by atoms with Gasteiger partial charge in [0.05, 0.1) is 5.69 Å². The average molecular weight is 158 g/mol. The molecule has 1 heterocycles. The Morgan fingerprint density at radius 2 is 1.92 bits per heavy atom. The molecule has 0 atom stereocenters. The Bertz CT molecular complexity index is 362. The molecule has 0 bridgehead atoms. The van der Waals surface area contributed by atoms with Gasteiger partial charge in [-0.05, 0) is 6.92 Å². The standard InChI is InChI=1S/C10H10N2/c1-8-11-7-10(12-8)9-5-3-2-4-6-9/h2-7H,1H3,(H,11,12). The summed E-state index contributed by atoms with van der Waals surface area (Å²) in [6.07, 6.45) is 1.92. The number of aryl methyl sites for hydroxylation is 1. The van der Waals surface area contributed by atoms with Crippen LogP contribution in [0.5, 0.6) is 0 Å². The van der Waals surface area contributed by atoms with Crippen molar-refractivity contribution < 1.29 is 0 Å². The van der Waals surface area contributed by atoms with Crippen molar-refractivity contribution in [1.29, 1.82) is 0 Å². The van der Waals surface area contributed by atoms with Crippen LogP contribution in [0, 0.1) is 6.92 Å². The number of H-pyrrole nitrogens is 1. The van der Waals surface area contributed by atoms with Crippen molar-refractivity contribution in [2.45, 2.75) is 6.92 Å². The number of hydrogen-bond donors (Lipinski definition) is 1. The normalized spacial score (nSPS) is 10.1. The van der Waals surface area contributed by atoms with Crippen molar-refractivity contribution in [3.05, 3.63) is 42.4 Å². The highest BCUT2D eigenvalue weighted by Crippen LogP contribution is 2.15. The minimum absolute atomic E-state index is 0.953. The lowest BCUT2D eigenvalue weighted by Gasteiger charge is -1.92. The zero-order chi connectivity index (χ0) is 8.39. The van der Waals surface area contributed by atoms with Crippen LogP contribution >= 0.6 is 0 Å². The molecule has 0 amide bonds. The molecule has 0 saturated heterocycles. The molecule has 2 nitrogen and oxygen atoms in total. The van der Waals surface area contributed by atoms with Crippen molar-refractivity contribution in [1.82, 2.24) is 9.97 Å². The molecular formula is C10H10N2.